The standard InChI is InChI=1S/C13H17FO4S2/c1-10-2-4-11(5-3-10)13(15)12(6-8-19-14)7-9-20(16,17)18/h2-5,12H,6-9H2,1H3,(H,16,17,18). The van der Waals surface area contributed by atoms with Gasteiger partial charge in [-0.15, -0.1) is 0 Å². The molecule has 0 bridgehead atoms. The van der Waals surface area contributed by atoms with Crippen molar-refractivity contribution >= 4 is 28.0 Å². The predicted molar refractivity (Wildman–Crippen MR) is 78.2 cm³/mol. The molecule has 0 radical (unpaired) electrons. The first-order chi connectivity index (χ1) is 9.33. The summed E-state index contributed by atoms with van der Waals surface area (Å²) in [4.78, 5) is 12.3. The molecule has 0 aromatic heterocycles. The number of Topliss-reactive ketones (excluding diaryl/α,β-unsaturated/α-hetero) is 1. The van der Waals surface area contributed by atoms with Crippen molar-refractivity contribution in [2.24, 2.45) is 5.92 Å². The fourth-order valence-corrected chi connectivity index (χ4v) is 2.79. The van der Waals surface area contributed by atoms with Crippen molar-refractivity contribution in [1.29, 1.82) is 0 Å². The summed E-state index contributed by atoms with van der Waals surface area (Å²) in [6.45, 7) is 1.89. The Kier molecular flexibility index (Phi) is 6.64. The summed E-state index contributed by atoms with van der Waals surface area (Å²) < 4.78 is 42.5. The number of rotatable bonds is 8. The quantitative estimate of drug-likeness (QED) is 0.589. The second-order valence-corrected chi connectivity index (χ2v) is 6.80. The maximum atomic E-state index is 12.3. The summed E-state index contributed by atoms with van der Waals surface area (Å²) in [5, 5.41) is 0. The number of carbonyl (C=O) groups is 1. The molecule has 0 amide bonds. The van der Waals surface area contributed by atoms with E-state index in [0.29, 0.717) is 5.56 Å². The van der Waals surface area contributed by atoms with Crippen LogP contribution in [0.1, 0.15) is 28.8 Å². The largest absolute Gasteiger partial charge is 0.294 e. The van der Waals surface area contributed by atoms with Gasteiger partial charge in [0.15, 0.2) is 5.78 Å². The first-order valence-corrected chi connectivity index (χ1v) is 8.62. The molecule has 20 heavy (non-hydrogen) atoms. The minimum absolute atomic E-state index is 0.00783. The number of benzene rings is 1. The van der Waals surface area contributed by atoms with Gasteiger partial charge in [0, 0.05) is 29.4 Å². The SMILES string of the molecule is Cc1ccc(C(=O)C(CCSF)CCS(=O)(=O)O)cc1. The van der Waals surface area contributed by atoms with Crippen LogP contribution in [0.2, 0.25) is 0 Å². The van der Waals surface area contributed by atoms with Crippen LogP contribution in [-0.4, -0.2) is 30.3 Å². The van der Waals surface area contributed by atoms with Crippen molar-refractivity contribution in [3.8, 4) is 0 Å². The van der Waals surface area contributed by atoms with E-state index >= 15 is 0 Å². The lowest BCUT2D eigenvalue weighted by Gasteiger charge is -2.14. The number of aryl methyl sites for hydroxylation is 1. The molecule has 1 atom stereocenters. The second-order valence-electron chi connectivity index (χ2n) is 4.60. The minimum atomic E-state index is -4.12. The van der Waals surface area contributed by atoms with E-state index in [2.05, 4.69) is 0 Å². The van der Waals surface area contributed by atoms with E-state index in [9.17, 15) is 17.1 Å². The van der Waals surface area contributed by atoms with Crippen LogP contribution in [0.3, 0.4) is 0 Å². The predicted octanol–water partition coefficient (Wildman–Crippen LogP) is 3.08. The van der Waals surface area contributed by atoms with Crippen LogP contribution in [0.15, 0.2) is 24.3 Å². The Morgan fingerprint density at radius 1 is 1.30 bits per heavy atom. The van der Waals surface area contributed by atoms with Gasteiger partial charge in [-0.2, -0.15) is 12.3 Å². The molecule has 1 unspecified atom stereocenters. The maximum Gasteiger partial charge on any atom is 0.264 e. The molecule has 0 heterocycles. The van der Waals surface area contributed by atoms with Crippen LogP contribution in [0.25, 0.3) is 0 Å². The number of hydrogen-bond acceptors (Lipinski definition) is 4. The summed E-state index contributed by atoms with van der Waals surface area (Å²) in [7, 11) is -4.12. The van der Waals surface area contributed by atoms with Crippen LogP contribution < -0.4 is 0 Å². The monoisotopic (exact) mass is 320 g/mol. The van der Waals surface area contributed by atoms with Crippen molar-refractivity contribution in [2.75, 3.05) is 11.5 Å². The number of carbonyl (C=O) groups excluding carboxylic acids is 1. The number of ketones is 1. The average molecular weight is 320 g/mol. The van der Waals surface area contributed by atoms with Gasteiger partial charge in [-0.1, -0.05) is 29.8 Å². The van der Waals surface area contributed by atoms with E-state index in [0.717, 1.165) is 5.56 Å². The van der Waals surface area contributed by atoms with Crippen LogP contribution in [0.5, 0.6) is 0 Å². The molecule has 1 N–H and O–H groups in total. The summed E-state index contributed by atoms with van der Waals surface area (Å²) in [6.07, 6.45) is 0.232. The molecule has 0 aliphatic rings. The van der Waals surface area contributed by atoms with E-state index < -0.39 is 21.8 Å². The lowest BCUT2D eigenvalue weighted by Crippen LogP contribution is -2.19. The molecule has 0 saturated heterocycles. The zero-order chi connectivity index (χ0) is 15.2. The first kappa shape index (κ1) is 17.1. The van der Waals surface area contributed by atoms with Crippen LogP contribution in [0.4, 0.5) is 3.89 Å². The fraction of sp³-hybridized carbons (Fsp3) is 0.462. The number of hydrogen-bond donors (Lipinski definition) is 1. The first-order valence-electron chi connectivity index (χ1n) is 6.13. The molecule has 0 aliphatic heterocycles. The van der Waals surface area contributed by atoms with Gasteiger partial charge in [-0.3, -0.25) is 9.35 Å². The van der Waals surface area contributed by atoms with E-state index in [1.165, 1.54) is 0 Å². The lowest BCUT2D eigenvalue weighted by molar-refractivity contribution is 0.0914. The highest BCUT2D eigenvalue weighted by Gasteiger charge is 2.22. The van der Waals surface area contributed by atoms with Gasteiger partial charge >= 0.3 is 0 Å². The van der Waals surface area contributed by atoms with E-state index in [-0.39, 0.29) is 36.5 Å². The van der Waals surface area contributed by atoms with Crippen LogP contribution in [-0.2, 0) is 10.1 Å². The van der Waals surface area contributed by atoms with Crippen molar-refractivity contribution in [3.63, 3.8) is 0 Å². The molecule has 4 nitrogen and oxygen atoms in total. The fourth-order valence-electron chi connectivity index (χ4n) is 1.84. The van der Waals surface area contributed by atoms with E-state index in [1.807, 2.05) is 6.92 Å². The Morgan fingerprint density at radius 3 is 2.40 bits per heavy atom. The molecule has 0 spiro atoms. The average Bonchev–Trinajstić information content (AvgIpc) is 2.38. The molecule has 1 rings (SSSR count). The van der Waals surface area contributed by atoms with Gasteiger partial charge in [0.1, 0.15) is 0 Å². The molecule has 0 saturated carbocycles. The molecule has 1 aromatic rings. The van der Waals surface area contributed by atoms with Crippen LogP contribution in [0, 0.1) is 12.8 Å². The normalized spacial score (nSPS) is 13.2. The third kappa shape index (κ3) is 6.02. The van der Waals surface area contributed by atoms with Gasteiger partial charge in [-0.25, -0.2) is 0 Å². The Morgan fingerprint density at radius 2 is 1.90 bits per heavy atom. The molecule has 1 aromatic carbocycles. The third-order valence-corrected chi connectivity index (χ3v) is 4.12. The third-order valence-electron chi connectivity index (χ3n) is 2.97. The summed E-state index contributed by atoms with van der Waals surface area (Å²) in [5.41, 5.74) is 1.48. The van der Waals surface area contributed by atoms with E-state index in [4.69, 9.17) is 4.55 Å². The zero-order valence-electron chi connectivity index (χ0n) is 11.1. The van der Waals surface area contributed by atoms with Gasteiger partial charge in [0.2, 0.25) is 0 Å². The topological polar surface area (TPSA) is 71.4 Å². The van der Waals surface area contributed by atoms with Gasteiger partial charge < -0.3 is 0 Å². The van der Waals surface area contributed by atoms with Crippen LogP contribution >= 0.6 is 12.1 Å². The number of halogens is 1. The minimum Gasteiger partial charge on any atom is -0.294 e. The second kappa shape index (κ2) is 7.75. The summed E-state index contributed by atoms with van der Waals surface area (Å²) >= 11 is 0.114. The van der Waals surface area contributed by atoms with Crippen molar-refractivity contribution < 1.29 is 21.7 Å². The molecular formula is C13H17FO4S2. The Hall–Kier alpha value is -0.920. The summed E-state index contributed by atoms with van der Waals surface area (Å²) in [6, 6.07) is 6.91. The van der Waals surface area contributed by atoms with Gasteiger partial charge in [0.05, 0.1) is 5.75 Å². The molecule has 0 fully saturated rings. The molecule has 7 heteroatoms. The van der Waals surface area contributed by atoms with Crippen molar-refractivity contribution in [3.05, 3.63) is 35.4 Å². The van der Waals surface area contributed by atoms with Crippen molar-refractivity contribution in [1.82, 2.24) is 0 Å². The highest BCUT2D eigenvalue weighted by atomic mass is 32.2. The highest BCUT2D eigenvalue weighted by Crippen LogP contribution is 2.20. The Balaban J connectivity index is 2.80. The smallest absolute Gasteiger partial charge is 0.264 e. The zero-order valence-corrected chi connectivity index (χ0v) is 12.7. The molecule has 0 aliphatic carbocycles. The summed E-state index contributed by atoms with van der Waals surface area (Å²) in [5.74, 6) is -1.20. The van der Waals surface area contributed by atoms with Gasteiger partial charge in [-0.05, 0) is 19.8 Å². The molecule has 112 valence electrons. The maximum absolute atomic E-state index is 12.3. The van der Waals surface area contributed by atoms with Crippen molar-refractivity contribution in [2.45, 2.75) is 19.8 Å². The Labute approximate surface area is 122 Å². The van der Waals surface area contributed by atoms with Gasteiger partial charge in [0.25, 0.3) is 10.1 Å². The lowest BCUT2D eigenvalue weighted by atomic mass is 9.92. The van der Waals surface area contributed by atoms with E-state index in [1.54, 1.807) is 24.3 Å². The molecular weight excluding hydrogens is 303 g/mol. The highest BCUT2D eigenvalue weighted by molar-refractivity contribution is 7.94. The Bertz CT molecular complexity index is 540.